The van der Waals surface area contributed by atoms with E-state index in [0.717, 1.165) is 18.7 Å². The zero-order valence-corrected chi connectivity index (χ0v) is 11.7. The Morgan fingerprint density at radius 3 is 2.70 bits per heavy atom. The molecule has 1 aromatic heterocycles. The molecule has 0 atom stereocenters. The third-order valence-corrected chi connectivity index (χ3v) is 3.83. The molecule has 106 valence electrons. The molecule has 1 aliphatic carbocycles. The Balaban J connectivity index is 1.50. The fourth-order valence-corrected chi connectivity index (χ4v) is 2.72. The minimum Gasteiger partial charge on any atom is -0.312 e. The van der Waals surface area contributed by atoms with Gasteiger partial charge in [-0.2, -0.15) is 4.80 Å². The first-order valence-electron chi connectivity index (χ1n) is 7.48. The summed E-state index contributed by atoms with van der Waals surface area (Å²) in [6, 6.07) is 10.6. The molecule has 1 aliphatic rings. The summed E-state index contributed by atoms with van der Waals surface area (Å²) in [6.45, 7) is 1.69. The Kier molecular flexibility index (Phi) is 4.38. The second-order valence-electron chi connectivity index (χ2n) is 5.36. The van der Waals surface area contributed by atoms with Crippen molar-refractivity contribution >= 4 is 0 Å². The molecule has 0 aliphatic heterocycles. The average molecular weight is 271 g/mol. The average Bonchev–Trinajstić information content (AvgIpc) is 2.98. The molecule has 20 heavy (non-hydrogen) atoms. The van der Waals surface area contributed by atoms with Crippen LogP contribution in [-0.4, -0.2) is 32.8 Å². The monoisotopic (exact) mass is 271 g/mol. The molecular weight excluding hydrogens is 250 g/mol. The van der Waals surface area contributed by atoms with E-state index >= 15 is 0 Å². The van der Waals surface area contributed by atoms with Crippen LogP contribution in [-0.2, 0) is 6.54 Å². The van der Waals surface area contributed by atoms with E-state index < -0.39 is 0 Å². The van der Waals surface area contributed by atoms with Gasteiger partial charge in [0.25, 0.3) is 0 Å². The summed E-state index contributed by atoms with van der Waals surface area (Å²) in [5.41, 5.74) is 1.01. The number of hydrogen-bond acceptors (Lipinski definition) is 4. The lowest BCUT2D eigenvalue weighted by molar-refractivity contribution is 0.358. The first kappa shape index (κ1) is 13.2. The zero-order chi connectivity index (χ0) is 13.6. The fraction of sp³-hybridized carbons (Fsp3) is 0.533. The first-order chi connectivity index (χ1) is 9.92. The maximum atomic E-state index is 4.42. The van der Waals surface area contributed by atoms with E-state index in [4.69, 9.17) is 0 Å². The second kappa shape index (κ2) is 6.61. The van der Waals surface area contributed by atoms with Crippen molar-refractivity contribution in [3.8, 4) is 11.4 Å². The molecule has 0 spiro atoms. The predicted molar refractivity (Wildman–Crippen MR) is 78.1 cm³/mol. The normalized spacial score (nSPS) is 16.4. The van der Waals surface area contributed by atoms with Crippen LogP contribution < -0.4 is 5.32 Å². The number of nitrogens with one attached hydrogen (secondary N) is 1. The van der Waals surface area contributed by atoms with Crippen LogP contribution in [0.15, 0.2) is 30.3 Å². The molecule has 0 amide bonds. The topological polar surface area (TPSA) is 55.6 Å². The van der Waals surface area contributed by atoms with Gasteiger partial charge in [0.1, 0.15) is 0 Å². The second-order valence-corrected chi connectivity index (χ2v) is 5.36. The first-order valence-corrected chi connectivity index (χ1v) is 7.48. The van der Waals surface area contributed by atoms with Crippen LogP contribution in [0.3, 0.4) is 0 Å². The molecule has 5 heteroatoms. The number of rotatable bonds is 5. The van der Waals surface area contributed by atoms with Gasteiger partial charge in [0, 0.05) is 18.2 Å². The van der Waals surface area contributed by atoms with Gasteiger partial charge in [-0.3, -0.25) is 0 Å². The smallest absolute Gasteiger partial charge is 0.204 e. The highest BCUT2D eigenvalue weighted by Crippen LogP contribution is 2.17. The van der Waals surface area contributed by atoms with Crippen LogP contribution >= 0.6 is 0 Å². The van der Waals surface area contributed by atoms with E-state index in [9.17, 15) is 0 Å². The summed E-state index contributed by atoms with van der Waals surface area (Å²) < 4.78 is 0. The third kappa shape index (κ3) is 3.42. The highest BCUT2D eigenvalue weighted by atomic mass is 15.6. The minimum atomic E-state index is 0.681. The third-order valence-electron chi connectivity index (χ3n) is 3.83. The summed E-state index contributed by atoms with van der Waals surface area (Å²) in [4.78, 5) is 1.68. The molecule has 0 saturated heterocycles. The molecule has 5 nitrogen and oxygen atoms in total. The lowest BCUT2D eigenvalue weighted by atomic mass is 9.96. The quantitative estimate of drug-likeness (QED) is 0.906. The van der Waals surface area contributed by atoms with E-state index in [-0.39, 0.29) is 0 Å². The lowest BCUT2D eigenvalue weighted by Gasteiger charge is -2.22. The van der Waals surface area contributed by atoms with E-state index in [2.05, 4.69) is 20.7 Å². The Hall–Kier alpha value is -1.75. The van der Waals surface area contributed by atoms with E-state index in [1.54, 1.807) is 4.80 Å². The number of aromatic nitrogens is 4. The van der Waals surface area contributed by atoms with E-state index in [1.807, 2.05) is 30.3 Å². The molecule has 1 saturated carbocycles. The molecule has 0 bridgehead atoms. The summed E-state index contributed by atoms with van der Waals surface area (Å²) in [7, 11) is 0. The Morgan fingerprint density at radius 1 is 1.10 bits per heavy atom. The van der Waals surface area contributed by atoms with Crippen molar-refractivity contribution in [2.45, 2.75) is 44.7 Å². The van der Waals surface area contributed by atoms with Gasteiger partial charge >= 0.3 is 0 Å². The number of tetrazole rings is 1. The van der Waals surface area contributed by atoms with Crippen LogP contribution in [0.2, 0.25) is 0 Å². The van der Waals surface area contributed by atoms with Crippen LogP contribution in [0, 0.1) is 0 Å². The molecule has 1 heterocycles. The number of benzene rings is 1. The lowest BCUT2D eigenvalue weighted by Crippen LogP contribution is -2.33. The highest BCUT2D eigenvalue weighted by Gasteiger charge is 2.12. The van der Waals surface area contributed by atoms with Crippen LogP contribution in [0.1, 0.15) is 32.1 Å². The molecule has 2 aromatic rings. The molecule has 3 rings (SSSR count). The van der Waals surface area contributed by atoms with Crippen LogP contribution in [0.5, 0.6) is 0 Å². The van der Waals surface area contributed by atoms with Gasteiger partial charge in [-0.1, -0.05) is 49.6 Å². The van der Waals surface area contributed by atoms with Gasteiger partial charge in [0.2, 0.25) is 5.82 Å². The predicted octanol–water partition coefficient (Wildman–Crippen LogP) is 2.26. The summed E-state index contributed by atoms with van der Waals surface area (Å²) in [5, 5.41) is 16.2. The molecule has 0 unspecified atom stereocenters. The van der Waals surface area contributed by atoms with E-state index in [1.165, 1.54) is 32.1 Å². The standard InChI is InChI=1S/C15H21N5/c1-3-7-13(8-4-1)15-17-19-20(18-15)12-11-16-14-9-5-2-6-10-14/h1,3-4,7-8,14,16H,2,5-6,9-12H2. The van der Waals surface area contributed by atoms with Crippen LogP contribution in [0.4, 0.5) is 0 Å². The minimum absolute atomic E-state index is 0.681. The molecule has 1 aromatic carbocycles. The van der Waals surface area contributed by atoms with Crippen LogP contribution in [0.25, 0.3) is 11.4 Å². The summed E-state index contributed by atoms with van der Waals surface area (Å²) >= 11 is 0. The van der Waals surface area contributed by atoms with Crippen molar-refractivity contribution < 1.29 is 0 Å². The Morgan fingerprint density at radius 2 is 1.90 bits per heavy atom. The van der Waals surface area contributed by atoms with Gasteiger partial charge in [-0.25, -0.2) is 0 Å². The largest absolute Gasteiger partial charge is 0.312 e. The van der Waals surface area contributed by atoms with Gasteiger partial charge in [0.15, 0.2) is 0 Å². The summed E-state index contributed by atoms with van der Waals surface area (Å²) in [5.74, 6) is 0.697. The summed E-state index contributed by atoms with van der Waals surface area (Å²) in [6.07, 6.45) is 6.72. The molecular formula is C15H21N5. The van der Waals surface area contributed by atoms with Crippen molar-refractivity contribution in [2.75, 3.05) is 6.54 Å². The van der Waals surface area contributed by atoms with E-state index in [0.29, 0.717) is 11.9 Å². The zero-order valence-electron chi connectivity index (χ0n) is 11.7. The SMILES string of the molecule is c1ccc(-c2nnn(CCNC3CCCCC3)n2)cc1. The maximum Gasteiger partial charge on any atom is 0.204 e. The van der Waals surface area contributed by atoms with Crippen molar-refractivity contribution in [3.05, 3.63) is 30.3 Å². The van der Waals surface area contributed by atoms with Crippen molar-refractivity contribution in [1.82, 2.24) is 25.5 Å². The molecule has 0 radical (unpaired) electrons. The van der Waals surface area contributed by atoms with Crippen molar-refractivity contribution in [1.29, 1.82) is 0 Å². The fourth-order valence-electron chi connectivity index (χ4n) is 2.72. The van der Waals surface area contributed by atoms with Crippen molar-refractivity contribution in [3.63, 3.8) is 0 Å². The van der Waals surface area contributed by atoms with Gasteiger partial charge in [-0.15, -0.1) is 10.2 Å². The molecule has 1 N–H and O–H groups in total. The van der Waals surface area contributed by atoms with Gasteiger partial charge in [0.05, 0.1) is 6.54 Å². The van der Waals surface area contributed by atoms with Gasteiger partial charge < -0.3 is 5.32 Å². The number of hydrogen-bond donors (Lipinski definition) is 1. The Bertz CT molecular complexity index is 516. The highest BCUT2D eigenvalue weighted by molar-refractivity contribution is 5.52. The van der Waals surface area contributed by atoms with Crippen molar-refractivity contribution in [2.24, 2.45) is 0 Å². The molecule has 1 fully saturated rings. The van der Waals surface area contributed by atoms with Gasteiger partial charge in [-0.05, 0) is 18.1 Å². The maximum absolute atomic E-state index is 4.42. The number of nitrogens with zero attached hydrogens (tertiary/aromatic N) is 4. The Labute approximate surface area is 119 Å².